The first kappa shape index (κ1) is 34.3. The third kappa shape index (κ3) is 172. The summed E-state index contributed by atoms with van der Waals surface area (Å²) in [4.78, 5) is 0. The van der Waals surface area contributed by atoms with Crippen molar-refractivity contribution in [2.75, 3.05) is 0 Å². The van der Waals surface area contributed by atoms with E-state index in [4.69, 9.17) is 0 Å². The van der Waals surface area contributed by atoms with Crippen molar-refractivity contribution in [1.29, 1.82) is 0 Å². The summed E-state index contributed by atoms with van der Waals surface area (Å²) >= 11 is 0. The normalized spacial score (nSPS) is 8.04. The van der Waals surface area contributed by atoms with Gasteiger partial charge in [-0.25, -0.2) is 0 Å². The van der Waals surface area contributed by atoms with Crippen molar-refractivity contribution in [3.63, 3.8) is 0 Å². The Hall–Kier alpha value is -1.04. The molecule has 0 aliphatic rings. The van der Waals surface area contributed by atoms with Gasteiger partial charge in [0, 0.05) is 0 Å². The lowest BCUT2D eigenvalue weighted by Crippen LogP contribution is -1.66. The first-order chi connectivity index (χ1) is 11.1. The van der Waals surface area contributed by atoms with Gasteiger partial charge >= 0.3 is 0 Å². The fraction of sp³-hybridized carbons (Fsp3) is 0.667. The molecular formula is C24H50. The molecule has 0 aromatic carbocycles. The summed E-state index contributed by atoms with van der Waals surface area (Å²) in [7, 11) is 0. The van der Waals surface area contributed by atoms with Gasteiger partial charge in [-0.15, -0.1) is 6.58 Å². The molecule has 0 aromatic heterocycles. The van der Waals surface area contributed by atoms with Gasteiger partial charge in [-0.05, 0) is 66.7 Å². The van der Waals surface area contributed by atoms with Gasteiger partial charge in [0.25, 0.3) is 0 Å². The highest BCUT2D eigenvalue weighted by Gasteiger charge is 1.68. The largest absolute Gasteiger partial charge is 0.103 e. The van der Waals surface area contributed by atoms with Crippen LogP contribution in [0.2, 0.25) is 0 Å². The molecule has 0 spiro atoms. The minimum absolute atomic E-state index is 0.833. The predicted octanol–water partition coefficient (Wildman–Crippen LogP) is 9.55. The Bertz CT molecular complexity index is 246. The van der Waals surface area contributed by atoms with Gasteiger partial charge in [0.1, 0.15) is 0 Å². The van der Waals surface area contributed by atoms with Crippen molar-refractivity contribution >= 4 is 0 Å². The molecule has 0 N–H and O–H groups in total. The molecule has 0 heterocycles. The second-order valence-electron chi connectivity index (χ2n) is 6.50. The van der Waals surface area contributed by atoms with Gasteiger partial charge in [-0.1, -0.05) is 83.1 Å². The molecule has 0 fully saturated rings. The highest BCUT2D eigenvalue weighted by molar-refractivity contribution is 4.91. The van der Waals surface area contributed by atoms with E-state index in [1.165, 1.54) is 24.0 Å². The smallest absolute Gasteiger partial charge is 0.0377 e. The fourth-order valence-corrected chi connectivity index (χ4v) is 1.05. The summed E-state index contributed by atoms with van der Waals surface area (Å²) in [6.45, 7) is 28.7. The van der Waals surface area contributed by atoms with Crippen LogP contribution in [0.5, 0.6) is 0 Å². The Kier molecular flexibility index (Phi) is 54.2. The Morgan fingerprint density at radius 2 is 1.00 bits per heavy atom. The van der Waals surface area contributed by atoms with Crippen LogP contribution in [0.4, 0.5) is 0 Å². The maximum absolute atomic E-state index is 3.36. The summed E-state index contributed by atoms with van der Waals surface area (Å²) in [6.07, 6.45) is 13.8. The van der Waals surface area contributed by atoms with Crippen molar-refractivity contribution in [1.82, 2.24) is 0 Å². The highest BCUT2D eigenvalue weighted by atomic mass is 13.8. The molecule has 0 saturated heterocycles. The zero-order valence-electron chi connectivity index (χ0n) is 19.3. The minimum Gasteiger partial charge on any atom is -0.103 e. The van der Waals surface area contributed by atoms with Gasteiger partial charge in [-0.3, -0.25) is 0 Å². The molecule has 0 aromatic rings. The zero-order chi connectivity index (χ0) is 20.4. The Labute approximate surface area is 156 Å². The molecule has 24 heavy (non-hydrogen) atoms. The summed E-state index contributed by atoms with van der Waals surface area (Å²) in [5, 5.41) is 0. The van der Waals surface area contributed by atoms with E-state index in [-0.39, 0.29) is 0 Å². The van der Waals surface area contributed by atoms with Crippen LogP contribution in [0.25, 0.3) is 0 Å². The van der Waals surface area contributed by atoms with Gasteiger partial charge in [0.2, 0.25) is 0 Å². The molecule has 0 nitrogen and oxygen atoms in total. The second kappa shape index (κ2) is 37.9. The summed E-state index contributed by atoms with van der Waals surface area (Å²) < 4.78 is 0. The lowest BCUT2D eigenvalue weighted by molar-refractivity contribution is 0.737. The van der Waals surface area contributed by atoms with E-state index < -0.39 is 0 Å². The van der Waals surface area contributed by atoms with Crippen LogP contribution in [-0.4, -0.2) is 0 Å². The van der Waals surface area contributed by atoms with E-state index >= 15 is 0 Å². The van der Waals surface area contributed by atoms with Crippen LogP contribution in [-0.2, 0) is 0 Å². The van der Waals surface area contributed by atoms with E-state index in [2.05, 4.69) is 100 Å². The van der Waals surface area contributed by atoms with Crippen molar-refractivity contribution in [2.24, 2.45) is 5.92 Å². The molecule has 0 atom stereocenters. The average Bonchev–Trinajstić information content (AvgIpc) is 2.40. The van der Waals surface area contributed by atoms with Crippen molar-refractivity contribution in [3.05, 3.63) is 48.1 Å². The van der Waals surface area contributed by atoms with Crippen LogP contribution >= 0.6 is 0 Å². The maximum atomic E-state index is 3.36. The third-order valence-electron chi connectivity index (χ3n) is 1.70. The van der Waals surface area contributed by atoms with E-state index in [1.54, 1.807) is 6.08 Å². The van der Waals surface area contributed by atoms with Gasteiger partial charge in [0.05, 0.1) is 0 Å². The lowest BCUT2D eigenvalue weighted by atomic mass is 10.3. The second-order valence-corrected chi connectivity index (χ2v) is 6.50. The monoisotopic (exact) mass is 338 g/mol. The highest BCUT2D eigenvalue weighted by Crippen LogP contribution is 1.89. The molecular weight excluding hydrogens is 288 g/mol. The molecule has 0 aliphatic heterocycles. The van der Waals surface area contributed by atoms with Crippen molar-refractivity contribution < 1.29 is 0 Å². The van der Waals surface area contributed by atoms with Gasteiger partial charge in [0.15, 0.2) is 0 Å². The molecule has 0 heteroatoms. The molecule has 0 saturated carbocycles. The summed E-state index contributed by atoms with van der Waals surface area (Å²) in [5.41, 5.74) is 2.83. The molecule has 146 valence electrons. The van der Waals surface area contributed by atoms with E-state index in [1.807, 2.05) is 13.8 Å². The summed E-state index contributed by atoms with van der Waals surface area (Å²) in [6, 6.07) is 0. The fourth-order valence-electron chi connectivity index (χ4n) is 1.05. The first-order valence-corrected chi connectivity index (χ1v) is 9.55. The SMILES string of the molecule is C/C=C/CC.C=CC.CC(C)C.CCC=C(C)C.CCC=C(C)C. The zero-order valence-corrected chi connectivity index (χ0v) is 19.3. The molecule has 0 unspecified atom stereocenters. The molecule has 0 bridgehead atoms. The quantitative estimate of drug-likeness (QED) is 0.449. The molecule has 0 radical (unpaired) electrons. The van der Waals surface area contributed by atoms with Crippen LogP contribution in [0.1, 0.15) is 102 Å². The van der Waals surface area contributed by atoms with Crippen molar-refractivity contribution in [2.45, 2.75) is 102 Å². The number of rotatable bonds is 3. The Morgan fingerprint density at radius 1 is 0.750 bits per heavy atom. The third-order valence-corrected chi connectivity index (χ3v) is 1.70. The standard InChI is InChI=1S/2C6H12.C5H10.C4H10.C3H6/c2*1-4-5-6(2)3;1-3-5-4-2;1-4(2)3;1-3-2/h2*5H,4H2,1-3H3;3,5H,4H2,1-2H3;4H,1-3H3;3H,1H2,2H3/b;;5-3+;;. The van der Waals surface area contributed by atoms with E-state index in [0.29, 0.717) is 0 Å². The Morgan fingerprint density at radius 3 is 1.00 bits per heavy atom. The predicted molar refractivity (Wildman–Crippen MR) is 121 cm³/mol. The average molecular weight is 339 g/mol. The van der Waals surface area contributed by atoms with E-state index in [9.17, 15) is 0 Å². The topological polar surface area (TPSA) is 0 Å². The number of allylic oxidation sites excluding steroid dienone is 7. The van der Waals surface area contributed by atoms with Gasteiger partial charge in [-0.2, -0.15) is 0 Å². The van der Waals surface area contributed by atoms with Crippen LogP contribution in [0.3, 0.4) is 0 Å². The number of hydrogen-bond acceptors (Lipinski definition) is 0. The Balaban J connectivity index is -0.0000000641. The van der Waals surface area contributed by atoms with E-state index in [0.717, 1.165) is 12.3 Å². The van der Waals surface area contributed by atoms with Crippen LogP contribution < -0.4 is 0 Å². The molecule has 0 rings (SSSR count). The van der Waals surface area contributed by atoms with Crippen LogP contribution in [0.15, 0.2) is 48.1 Å². The minimum atomic E-state index is 0.833. The lowest BCUT2D eigenvalue weighted by Gasteiger charge is -1.80. The van der Waals surface area contributed by atoms with Crippen molar-refractivity contribution in [3.8, 4) is 0 Å². The van der Waals surface area contributed by atoms with Gasteiger partial charge < -0.3 is 0 Å². The molecule has 0 amide bonds. The molecule has 0 aliphatic carbocycles. The maximum Gasteiger partial charge on any atom is -0.0377 e. The van der Waals surface area contributed by atoms with Crippen LogP contribution in [0, 0.1) is 5.92 Å². The number of hydrogen-bond donors (Lipinski definition) is 0. The summed E-state index contributed by atoms with van der Waals surface area (Å²) in [5.74, 6) is 0.833. The first-order valence-electron chi connectivity index (χ1n) is 9.55.